The Morgan fingerprint density at radius 3 is 2.29 bits per heavy atom. The third kappa shape index (κ3) is 6.68. The average Bonchev–Trinajstić information content (AvgIpc) is 2.97. The number of aliphatic hydroxyl groups is 2. The number of β-amino-alcohol motifs (C(OH)–C–C–N with tert-alkyl or cyclic N) is 2. The number of rotatable bonds is 6. The van der Waals surface area contributed by atoms with Gasteiger partial charge in [0, 0.05) is 57.9 Å². The molecule has 0 saturated carbocycles. The molecule has 1 amide bonds. The Bertz CT molecular complexity index is 1030. The monoisotopic (exact) mass is 489 g/mol. The van der Waals surface area contributed by atoms with E-state index in [1.54, 1.807) is 17.0 Å². The zero-order valence-electron chi connectivity index (χ0n) is 20.0. The number of benzene rings is 2. The van der Waals surface area contributed by atoms with Crippen molar-refractivity contribution in [2.45, 2.75) is 31.0 Å². The van der Waals surface area contributed by atoms with Gasteiger partial charge in [0.1, 0.15) is 29.6 Å². The molecule has 0 bridgehead atoms. The predicted octanol–water partition coefficient (Wildman–Crippen LogP) is 2.27. The van der Waals surface area contributed by atoms with Crippen LogP contribution in [0.4, 0.5) is 14.5 Å². The molecular formula is C26H33F2N3O4. The lowest BCUT2D eigenvalue weighted by Crippen LogP contribution is -2.55. The van der Waals surface area contributed by atoms with E-state index < -0.39 is 17.0 Å². The molecule has 2 aromatic rings. The molecule has 35 heavy (non-hydrogen) atoms. The maximum absolute atomic E-state index is 13.6. The molecule has 2 heterocycles. The summed E-state index contributed by atoms with van der Waals surface area (Å²) in [5.74, 6) is -0.582. The smallest absolute Gasteiger partial charge is 0.219 e. The number of hydrogen-bond donors (Lipinski definition) is 2. The van der Waals surface area contributed by atoms with Gasteiger partial charge in [-0.2, -0.15) is 0 Å². The third-order valence-corrected chi connectivity index (χ3v) is 6.82. The second kappa shape index (κ2) is 10.5. The molecule has 0 aromatic heterocycles. The van der Waals surface area contributed by atoms with E-state index in [0.717, 1.165) is 5.69 Å². The molecule has 7 nitrogen and oxygen atoms in total. The number of halogens is 2. The minimum atomic E-state index is -1.40. The molecule has 190 valence electrons. The van der Waals surface area contributed by atoms with Crippen molar-refractivity contribution in [3.05, 3.63) is 60.2 Å². The number of nitrogens with zero attached hydrogens (tertiary/aromatic N) is 3. The third-order valence-electron chi connectivity index (χ3n) is 6.82. The van der Waals surface area contributed by atoms with Crippen LogP contribution in [-0.4, -0.2) is 89.5 Å². The molecule has 0 unspecified atom stereocenters. The Morgan fingerprint density at radius 1 is 0.943 bits per heavy atom. The zero-order valence-corrected chi connectivity index (χ0v) is 20.0. The molecular weight excluding hydrogens is 456 g/mol. The van der Waals surface area contributed by atoms with Crippen molar-refractivity contribution in [2.75, 3.05) is 57.3 Å². The second-order valence-corrected chi connectivity index (χ2v) is 9.81. The van der Waals surface area contributed by atoms with E-state index in [2.05, 4.69) is 4.90 Å². The normalized spacial score (nSPS) is 23.1. The van der Waals surface area contributed by atoms with Gasteiger partial charge in [0.15, 0.2) is 0 Å². The highest BCUT2D eigenvalue weighted by atomic mass is 19.1. The van der Waals surface area contributed by atoms with Crippen LogP contribution in [0.15, 0.2) is 48.5 Å². The molecule has 2 N–H and O–H groups in total. The first-order chi connectivity index (χ1) is 16.6. The fourth-order valence-corrected chi connectivity index (χ4v) is 4.94. The number of hydrogen-bond acceptors (Lipinski definition) is 6. The van der Waals surface area contributed by atoms with Crippen molar-refractivity contribution in [2.24, 2.45) is 0 Å². The van der Waals surface area contributed by atoms with E-state index in [4.69, 9.17) is 4.74 Å². The van der Waals surface area contributed by atoms with Crippen molar-refractivity contribution in [1.29, 1.82) is 0 Å². The summed E-state index contributed by atoms with van der Waals surface area (Å²) in [6, 6.07) is 12.1. The summed E-state index contributed by atoms with van der Waals surface area (Å²) in [5, 5.41) is 22.8. The van der Waals surface area contributed by atoms with E-state index in [1.165, 1.54) is 37.3 Å². The van der Waals surface area contributed by atoms with Crippen molar-refractivity contribution in [3.63, 3.8) is 0 Å². The molecule has 1 atom stereocenters. The van der Waals surface area contributed by atoms with Crippen LogP contribution in [0.5, 0.6) is 5.75 Å². The minimum Gasteiger partial charge on any atom is -0.490 e. The van der Waals surface area contributed by atoms with Crippen molar-refractivity contribution >= 4 is 11.6 Å². The molecule has 0 spiro atoms. The van der Waals surface area contributed by atoms with Gasteiger partial charge in [-0.15, -0.1) is 0 Å². The fourth-order valence-electron chi connectivity index (χ4n) is 4.94. The van der Waals surface area contributed by atoms with Gasteiger partial charge >= 0.3 is 0 Å². The maximum atomic E-state index is 13.6. The van der Waals surface area contributed by atoms with E-state index in [0.29, 0.717) is 51.3 Å². The van der Waals surface area contributed by atoms with E-state index in [-0.39, 0.29) is 31.4 Å². The molecule has 0 radical (unpaired) electrons. The Hall–Kier alpha value is -2.75. The van der Waals surface area contributed by atoms with Crippen LogP contribution in [0.2, 0.25) is 0 Å². The predicted molar refractivity (Wildman–Crippen MR) is 128 cm³/mol. The summed E-state index contributed by atoms with van der Waals surface area (Å²) in [7, 11) is 0. The standard InChI is InChI=1S/C26H33F2N3O4/c1-20(32)31-13-12-29(17-26(34,18-31)19-35-24-7-3-5-22(28)15-24)16-25(33)8-10-30(11-9-25)23-6-2-4-21(27)14-23/h2-7,14-15,33-34H,8-13,16-19H2,1H3/t26-/m0/s1. The quantitative estimate of drug-likeness (QED) is 0.649. The van der Waals surface area contributed by atoms with Crippen LogP contribution < -0.4 is 9.64 Å². The Morgan fingerprint density at radius 2 is 1.63 bits per heavy atom. The topological polar surface area (TPSA) is 76.5 Å². The van der Waals surface area contributed by atoms with E-state index in [9.17, 15) is 23.8 Å². The summed E-state index contributed by atoms with van der Waals surface area (Å²) < 4.78 is 32.8. The first-order valence-corrected chi connectivity index (χ1v) is 11.9. The second-order valence-electron chi connectivity index (χ2n) is 9.81. The van der Waals surface area contributed by atoms with Gasteiger partial charge in [-0.1, -0.05) is 12.1 Å². The molecule has 2 fully saturated rings. The number of anilines is 1. The van der Waals surface area contributed by atoms with Gasteiger partial charge in [0.05, 0.1) is 12.1 Å². The lowest BCUT2D eigenvalue weighted by molar-refractivity contribution is -0.132. The Kier molecular flexibility index (Phi) is 7.59. The molecule has 2 aliphatic heterocycles. The summed E-state index contributed by atoms with van der Waals surface area (Å²) in [5.41, 5.74) is -1.57. The number of carbonyl (C=O) groups is 1. The average molecular weight is 490 g/mol. The lowest BCUT2D eigenvalue weighted by Gasteiger charge is -2.42. The molecule has 2 aromatic carbocycles. The van der Waals surface area contributed by atoms with Crippen molar-refractivity contribution in [3.8, 4) is 5.75 Å². The number of amides is 1. The van der Waals surface area contributed by atoms with Crippen LogP contribution >= 0.6 is 0 Å². The van der Waals surface area contributed by atoms with Crippen LogP contribution in [0.3, 0.4) is 0 Å². The first kappa shape index (κ1) is 25.3. The fraction of sp³-hybridized carbons (Fsp3) is 0.500. The van der Waals surface area contributed by atoms with Crippen LogP contribution in [-0.2, 0) is 4.79 Å². The van der Waals surface area contributed by atoms with Gasteiger partial charge in [0.25, 0.3) is 0 Å². The maximum Gasteiger partial charge on any atom is 0.219 e. The summed E-state index contributed by atoms with van der Waals surface area (Å²) in [6.45, 7) is 4.03. The Balaban J connectivity index is 1.41. The molecule has 2 aliphatic rings. The van der Waals surface area contributed by atoms with Crippen LogP contribution in [0.25, 0.3) is 0 Å². The first-order valence-electron chi connectivity index (χ1n) is 11.9. The van der Waals surface area contributed by atoms with Gasteiger partial charge in [0.2, 0.25) is 5.91 Å². The van der Waals surface area contributed by atoms with E-state index in [1.807, 2.05) is 11.0 Å². The van der Waals surface area contributed by atoms with Crippen LogP contribution in [0.1, 0.15) is 19.8 Å². The number of piperidine rings is 1. The van der Waals surface area contributed by atoms with Gasteiger partial charge in [-0.3, -0.25) is 9.69 Å². The highest BCUT2D eigenvalue weighted by Crippen LogP contribution is 2.29. The highest BCUT2D eigenvalue weighted by Gasteiger charge is 2.41. The molecule has 2 saturated heterocycles. The molecule has 4 rings (SSSR count). The summed E-state index contributed by atoms with van der Waals surface area (Å²) >= 11 is 0. The highest BCUT2D eigenvalue weighted by molar-refractivity contribution is 5.73. The zero-order chi connectivity index (χ0) is 25.1. The van der Waals surface area contributed by atoms with Crippen molar-refractivity contribution in [1.82, 2.24) is 9.80 Å². The minimum absolute atomic E-state index is 0.0833. The SMILES string of the molecule is CC(=O)N1CCN(CC2(O)CCN(c3cccc(F)c3)CC2)C[C@@](O)(COc2cccc(F)c2)C1. The van der Waals surface area contributed by atoms with Gasteiger partial charge in [-0.05, 0) is 43.2 Å². The van der Waals surface area contributed by atoms with Gasteiger partial charge < -0.3 is 24.7 Å². The molecule has 0 aliphatic carbocycles. The van der Waals surface area contributed by atoms with E-state index >= 15 is 0 Å². The van der Waals surface area contributed by atoms with Crippen molar-refractivity contribution < 1.29 is 28.5 Å². The number of carbonyl (C=O) groups excluding carboxylic acids is 1. The van der Waals surface area contributed by atoms with Crippen LogP contribution in [0, 0.1) is 11.6 Å². The molecule has 9 heteroatoms. The largest absolute Gasteiger partial charge is 0.490 e. The lowest BCUT2D eigenvalue weighted by atomic mass is 9.90. The Labute approximate surface area is 204 Å². The summed E-state index contributed by atoms with van der Waals surface area (Å²) in [6.07, 6.45) is 0.989. The van der Waals surface area contributed by atoms with Gasteiger partial charge in [-0.25, -0.2) is 8.78 Å². The summed E-state index contributed by atoms with van der Waals surface area (Å²) in [4.78, 5) is 17.7. The number of ether oxygens (including phenoxy) is 1.